The molecule has 0 saturated heterocycles. The lowest BCUT2D eigenvalue weighted by atomic mass is 10.2. The van der Waals surface area contributed by atoms with Crippen LogP contribution in [-0.2, 0) is 0 Å². The third-order valence-corrected chi connectivity index (χ3v) is 2.11. The number of pyridine rings is 2. The molecule has 3 rings (SSSR count). The Hall–Kier alpha value is -1.70. The molecule has 1 aliphatic carbocycles. The predicted octanol–water partition coefficient (Wildman–Crippen LogP) is 1.93. The molecule has 0 unspecified atom stereocenters. The first-order valence-electron chi connectivity index (χ1n) is 4.12. The van der Waals surface area contributed by atoms with Crippen molar-refractivity contribution in [2.24, 2.45) is 0 Å². The van der Waals surface area contributed by atoms with Crippen LogP contribution in [0.1, 0.15) is 11.1 Å². The van der Waals surface area contributed by atoms with Crippen molar-refractivity contribution in [1.29, 1.82) is 0 Å². The first-order valence-corrected chi connectivity index (χ1v) is 4.12. The number of fused-ring (bicyclic) bond motifs is 3. The Bertz CT molecular complexity index is 420. The van der Waals surface area contributed by atoms with E-state index in [1.807, 2.05) is 24.3 Å². The highest BCUT2D eigenvalue weighted by Gasteiger charge is 2.20. The van der Waals surface area contributed by atoms with Crippen LogP contribution in [0.5, 0.6) is 0 Å². The van der Waals surface area contributed by atoms with Gasteiger partial charge in [-0.15, -0.1) is 0 Å². The largest absolute Gasteiger partial charge is 0.254 e. The molecule has 0 aromatic carbocycles. The van der Waals surface area contributed by atoms with Gasteiger partial charge in [0.05, 0.1) is 17.8 Å². The summed E-state index contributed by atoms with van der Waals surface area (Å²) in [5, 5.41) is 0. The Morgan fingerprint density at radius 3 is 1.92 bits per heavy atom. The van der Waals surface area contributed by atoms with Gasteiger partial charge in [-0.3, -0.25) is 9.97 Å². The van der Waals surface area contributed by atoms with E-state index in [0.29, 0.717) is 0 Å². The fourth-order valence-corrected chi connectivity index (χ4v) is 1.53. The molecular weight excluding hydrogens is 160 g/mol. The van der Waals surface area contributed by atoms with E-state index in [0.717, 1.165) is 22.5 Å². The van der Waals surface area contributed by atoms with Crippen LogP contribution in [0.3, 0.4) is 0 Å². The standard InChI is InChI=1S/C11H6N2/c1-3-8-7-9-4-2-6-13-11(9)10(8)12-5-1/h1-6H. The Kier molecular flexibility index (Phi) is 1.25. The lowest BCUT2D eigenvalue weighted by Crippen LogP contribution is -1.84. The van der Waals surface area contributed by atoms with E-state index in [2.05, 4.69) is 16.4 Å². The summed E-state index contributed by atoms with van der Waals surface area (Å²) in [6, 6.07) is 7.84. The molecule has 2 nitrogen and oxygen atoms in total. The maximum Gasteiger partial charge on any atom is 0.0931 e. The summed E-state index contributed by atoms with van der Waals surface area (Å²) in [5.41, 5.74) is 3.96. The zero-order valence-electron chi connectivity index (χ0n) is 6.86. The van der Waals surface area contributed by atoms with E-state index >= 15 is 0 Å². The van der Waals surface area contributed by atoms with Gasteiger partial charge in [-0.05, 0) is 23.3 Å². The zero-order chi connectivity index (χ0) is 8.67. The van der Waals surface area contributed by atoms with E-state index in [4.69, 9.17) is 0 Å². The number of rotatable bonds is 0. The number of nitrogens with zero attached hydrogens (tertiary/aromatic N) is 2. The highest BCUT2D eigenvalue weighted by Crippen LogP contribution is 2.33. The van der Waals surface area contributed by atoms with Crippen LogP contribution in [0.25, 0.3) is 11.4 Å². The van der Waals surface area contributed by atoms with E-state index in [1.165, 1.54) is 0 Å². The SMILES string of the molecule is [C]1c2cccnc2-c2ncccc21. The van der Waals surface area contributed by atoms with Gasteiger partial charge in [0.15, 0.2) is 0 Å². The minimum atomic E-state index is 0.943. The van der Waals surface area contributed by atoms with E-state index in [9.17, 15) is 0 Å². The lowest BCUT2D eigenvalue weighted by Gasteiger charge is -1.95. The van der Waals surface area contributed by atoms with Crippen LogP contribution in [0.2, 0.25) is 0 Å². The zero-order valence-corrected chi connectivity index (χ0v) is 6.86. The summed E-state index contributed by atoms with van der Waals surface area (Å²) in [6.07, 6.45) is 6.82. The highest BCUT2D eigenvalue weighted by atomic mass is 14.8. The van der Waals surface area contributed by atoms with Crippen molar-refractivity contribution in [2.45, 2.75) is 0 Å². The number of hydrogen-bond donors (Lipinski definition) is 0. The van der Waals surface area contributed by atoms with Crippen molar-refractivity contribution in [3.05, 3.63) is 54.2 Å². The van der Waals surface area contributed by atoms with Crippen LogP contribution in [0.15, 0.2) is 36.7 Å². The molecule has 0 atom stereocenters. The Morgan fingerprint density at radius 1 is 0.846 bits per heavy atom. The minimum Gasteiger partial charge on any atom is -0.254 e. The molecule has 0 fully saturated rings. The van der Waals surface area contributed by atoms with Crippen molar-refractivity contribution in [1.82, 2.24) is 9.97 Å². The lowest BCUT2D eigenvalue weighted by molar-refractivity contribution is 1.26. The molecule has 2 heteroatoms. The van der Waals surface area contributed by atoms with Gasteiger partial charge in [0.2, 0.25) is 0 Å². The highest BCUT2D eigenvalue weighted by molar-refractivity contribution is 5.74. The molecule has 0 bridgehead atoms. The van der Waals surface area contributed by atoms with Crippen molar-refractivity contribution >= 4 is 0 Å². The van der Waals surface area contributed by atoms with Gasteiger partial charge in [-0.1, -0.05) is 12.1 Å². The number of aromatic nitrogens is 2. The van der Waals surface area contributed by atoms with Crippen LogP contribution in [0.4, 0.5) is 0 Å². The van der Waals surface area contributed by atoms with Gasteiger partial charge in [-0.2, -0.15) is 0 Å². The minimum absolute atomic E-state index is 0.943. The molecule has 0 N–H and O–H groups in total. The van der Waals surface area contributed by atoms with Crippen molar-refractivity contribution in [3.63, 3.8) is 0 Å². The summed E-state index contributed by atoms with van der Waals surface area (Å²) in [4.78, 5) is 8.55. The third kappa shape index (κ3) is 0.886. The summed E-state index contributed by atoms with van der Waals surface area (Å²) in [7, 11) is 0. The van der Waals surface area contributed by atoms with Gasteiger partial charge >= 0.3 is 0 Å². The van der Waals surface area contributed by atoms with E-state index in [1.54, 1.807) is 12.4 Å². The fourth-order valence-electron chi connectivity index (χ4n) is 1.53. The maximum atomic E-state index is 4.28. The quantitative estimate of drug-likeness (QED) is 0.510. The normalized spacial score (nSPS) is 12.3. The average Bonchev–Trinajstić information content (AvgIpc) is 2.56. The van der Waals surface area contributed by atoms with Crippen LogP contribution < -0.4 is 0 Å². The fraction of sp³-hybridized carbons (Fsp3) is 0. The molecule has 0 spiro atoms. The molecule has 0 saturated carbocycles. The smallest absolute Gasteiger partial charge is 0.0931 e. The summed E-state index contributed by atoms with van der Waals surface area (Å²) in [5.74, 6) is 0. The van der Waals surface area contributed by atoms with Crippen LogP contribution in [0, 0.1) is 6.42 Å². The molecule has 0 amide bonds. The molecular formula is C11H6N2. The number of hydrogen-bond acceptors (Lipinski definition) is 2. The summed E-state index contributed by atoms with van der Waals surface area (Å²) < 4.78 is 0. The van der Waals surface area contributed by atoms with E-state index < -0.39 is 0 Å². The predicted molar refractivity (Wildman–Crippen MR) is 48.9 cm³/mol. The molecule has 2 heterocycles. The van der Waals surface area contributed by atoms with Crippen molar-refractivity contribution < 1.29 is 0 Å². The van der Waals surface area contributed by atoms with Gasteiger partial charge in [0, 0.05) is 12.4 Å². The average molecular weight is 166 g/mol. The molecule has 2 aromatic heterocycles. The monoisotopic (exact) mass is 166 g/mol. The van der Waals surface area contributed by atoms with Gasteiger partial charge < -0.3 is 0 Å². The Morgan fingerprint density at radius 2 is 1.38 bits per heavy atom. The molecule has 2 radical (unpaired) electrons. The van der Waals surface area contributed by atoms with Crippen molar-refractivity contribution in [3.8, 4) is 11.4 Å². The van der Waals surface area contributed by atoms with Gasteiger partial charge in [0.25, 0.3) is 0 Å². The maximum absolute atomic E-state index is 4.28. The van der Waals surface area contributed by atoms with Gasteiger partial charge in [-0.25, -0.2) is 0 Å². The van der Waals surface area contributed by atoms with E-state index in [-0.39, 0.29) is 0 Å². The molecule has 13 heavy (non-hydrogen) atoms. The molecule has 0 aliphatic heterocycles. The molecule has 2 aromatic rings. The topological polar surface area (TPSA) is 25.8 Å². The van der Waals surface area contributed by atoms with Crippen molar-refractivity contribution in [2.75, 3.05) is 0 Å². The first kappa shape index (κ1) is 6.78. The Labute approximate surface area is 76.3 Å². The van der Waals surface area contributed by atoms with Crippen LogP contribution >= 0.6 is 0 Å². The second-order valence-corrected chi connectivity index (χ2v) is 2.92. The summed E-state index contributed by atoms with van der Waals surface area (Å²) in [6.45, 7) is 0. The second kappa shape index (κ2) is 2.39. The molecule has 60 valence electrons. The Balaban J connectivity index is 2.32. The van der Waals surface area contributed by atoms with Crippen LogP contribution in [-0.4, -0.2) is 9.97 Å². The summed E-state index contributed by atoms with van der Waals surface area (Å²) >= 11 is 0. The van der Waals surface area contributed by atoms with Gasteiger partial charge in [0.1, 0.15) is 0 Å². The second-order valence-electron chi connectivity index (χ2n) is 2.92. The third-order valence-electron chi connectivity index (χ3n) is 2.11. The molecule has 1 aliphatic rings. The first-order chi connectivity index (χ1) is 6.45.